The Hall–Kier alpha value is -2.76. The Labute approximate surface area is 167 Å². The minimum Gasteiger partial charge on any atom is -0.365 e. The van der Waals surface area contributed by atoms with E-state index in [0.29, 0.717) is 11.1 Å². The van der Waals surface area contributed by atoms with E-state index in [4.69, 9.17) is 11.5 Å². The SMILES string of the molecule is NC(=O)c1ccc[n+](CCCCCCCCCC[n+]2cccc(C(N)=O)c2)c1. The van der Waals surface area contributed by atoms with Crippen molar-refractivity contribution in [3.63, 3.8) is 0 Å². The van der Waals surface area contributed by atoms with Crippen LogP contribution in [0.1, 0.15) is 72.1 Å². The van der Waals surface area contributed by atoms with Crippen LogP contribution in [-0.4, -0.2) is 11.8 Å². The first-order valence-electron chi connectivity index (χ1n) is 10.1. The summed E-state index contributed by atoms with van der Waals surface area (Å²) in [7, 11) is 0. The summed E-state index contributed by atoms with van der Waals surface area (Å²) in [5, 5.41) is 0. The van der Waals surface area contributed by atoms with Crippen LogP contribution in [0.25, 0.3) is 0 Å². The van der Waals surface area contributed by atoms with Gasteiger partial charge in [-0.15, -0.1) is 0 Å². The summed E-state index contributed by atoms with van der Waals surface area (Å²) < 4.78 is 4.07. The fraction of sp³-hybridized carbons (Fsp3) is 0.455. The molecule has 0 aliphatic heterocycles. The lowest BCUT2D eigenvalue weighted by atomic mass is 10.1. The highest BCUT2D eigenvalue weighted by Gasteiger charge is 2.07. The Balaban J connectivity index is 1.49. The minimum atomic E-state index is -0.381. The third-order valence-electron chi connectivity index (χ3n) is 4.87. The van der Waals surface area contributed by atoms with Crippen LogP contribution < -0.4 is 20.6 Å². The number of aromatic nitrogens is 2. The van der Waals surface area contributed by atoms with E-state index in [1.54, 1.807) is 12.1 Å². The molecule has 0 aliphatic carbocycles. The van der Waals surface area contributed by atoms with E-state index < -0.39 is 0 Å². The molecule has 150 valence electrons. The molecule has 6 heteroatoms. The van der Waals surface area contributed by atoms with Crippen molar-refractivity contribution >= 4 is 11.8 Å². The van der Waals surface area contributed by atoms with E-state index in [0.717, 1.165) is 25.9 Å². The molecule has 0 fully saturated rings. The second kappa shape index (κ2) is 11.8. The summed E-state index contributed by atoms with van der Waals surface area (Å²) in [5.41, 5.74) is 11.7. The van der Waals surface area contributed by atoms with Gasteiger partial charge in [0.25, 0.3) is 11.8 Å². The Kier molecular flexibility index (Phi) is 9.11. The number of hydrogen-bond donors (Lipinski definition) is 2. The molecule has 0 spiro atoms. The van der Waals surface area contributed by atoms with Crippen molar-refractivity contribution in [1.82, 2.24) is 0 Å². The maximum absolute atomic E-state index is 11.2. The Bertz CT molecular complexity index is 711. The van der Waals surface area contributed by atoms with E-state index >= 15 is 0 Å². The summed E-state index contributed by atoms with van der Waals surface area (Å²) in [4.78, 5) is 22.4. The van der Waals surface area contributed by atoms with E-state index in [1.165, 1.54) is 38.5 Å². The predicted octanol–water partition coefficient (Wildman–Crippen LogP) is 2.28. The van der Waals surface area contributed by atoms with Gasteiger partial charge in [-0.25, -0.2) is 9.13 Å². The summed E-state index contributed by atoms with van der Waals surface area (Å²) in [5.74, 6) is -0.762. The van der Waals surface area contributed by atoms with Gasteiger partial charge in [0.1, 0.15) is 24.2 Å². The number of carbonyl (C=O) groups is 2. The molecule has 6 nitrogen and oxygen atoms in total. The molecule has 2 rings (SSSR count). The summed E-state index contributed by atoms with van der Waals surface area (Å²) in [6, 6.07) is 7.21. The normalized spacial score (nSPS) is 10.7. The fourth-order valence-corrected chi connectivity index (χ4v) is 3.26. The Morgan fingerprint density at radius 3 is 1.36 bits per heavy atom. The maximum Gasteiger partial charge on any atom is 0.254 e. The molecule has 0 atom stereocenters. The second-order valence-electron chi connectivity index (χ2n) is 7.22. The van der Waals surface area contributed by atoms with Gasteiger partial charge < -0.3 is 11.5 Å². The molecule has 2 aromatic heterocycles. The molecule has 0 aliphatic rings. The molecular weight excluding hydrogens is 352 g/mol. The van der Waals surface area contributed by atoms with Gasteiger partial charge in [0.05, 0.1) is 0 Å². The monoisotopic (exact) mass is 384 g/mol. The highest BCUT2D eigenvalue weighted by Crippen LogP contribution is 2.09. The third kappa shape index (κ3) is 7.86. The van der Waals surface area contributed by atoms with Crippen molar-refractivity contribution in [3.05, 3.63) is 60.2 Å². The number of unbranched alkanes of at least 4 members (excludes halogenated alkanes) is 7. The molecule has 2 amide bonds. The zero-order valence-electron chi connectivity index (χ0n) is 16.6. The maximum atomic E-state index is 11.2. The van der Waals surface area contributed by atoms with Gasteiger partial charge in [-0.05, 0) is 25.0 Å². The second-order valence-corrected chi connectivity index (χ2v) is 7.22. The largest absolute Gasteiger partial charge is 0.365 e. The Morgan fingerprint density at radius 1 is 0.643 bits per heavy atom. The zero-order valence-corrected chi connectivity index (χ0v) is 16.6. The van der Waals surface area contributed by atoms with Crippen LogP contribution in [0.5, 0.6) is 0 Å². The van der Waals surface area contributed by atoms with Crippen molar-refractivity contribution in [2.75, 3.05) is 0 Å². The van der Waals surface area contributed by atoms with Crippen molar-refractivity contribution in [1.29, 1.82) is 0 Å². The molecular formula is C22H32N4O2+2. The number of amides is 2. The number of aryl methyl sites for hydroxylation is 2. The van der Waals surface area contributed by atoms with Crippen molar-refractivity contribution in [2.24, 2.45) is 11.5 Å². The number of hydrogen-bond acceptors (Lipinski definition) is 2. The molecule has 2 aromatic rings. The summed E-state index contributed by atoms with van der Waals surface area (Å²) >= 11 is 0. The topological polar surface area (TPSA) is 93.9 Å². The number of primary amides is 2. The first-order chi connectivity index (χ1) is 13.6. The van der Waals surface area contributed by atoms with E-state index in [2.05, 4.69) is 0 Å². The van der Waals surface area contributed by atoms with Gasteiger partial charge in [0.15, 0.2) is 24.8 Å². The average molecular weight is 385 g/mol. The fourth-order valence-electron chi connectivity index (χ4n) is 3.26. The van der Waals surface area contributed by atoms with Crippen LogP contribution in [0.2, 0.25) is 0 Å². The zero-order chi connectivity index (χ0) is 20.2. The van der Waals surface area contributed by atoms with Crippen molar-refractivity contribution in [3.8, 4) is 0 Å². The van der Waals surface area contributed by atoms with Gasteiger partial charge >= 0.3 is 0 Å². The van der Waals surface area contributed by atoms with Gasteiger partial charge in [-0.2, -0.15) is 0 Å². The average Bonchev–Trinajstić information content (AvgIpc) is 2.69. The molecule has 4 N–H and O–H groups in total. The smallest absolute Gasteiger partial charge is 0.254 e. The molecule has 0 bridgehead atoms. The van der Waals surface area contributed by atoms with E-state index in [-0.39, 0.29) is 11.8 Å². The van der Waals surface area contributed by atoms with Crippen LogP contribution in [0, 0.1) is 0 Å². The molecule has 0 saturated heterocycles. The molecule has 28 heavy (non-hydrogen) atoms. The van der Waals surface area contributed by atoms with Crippen LogP contribution >= 0.6 is 0 Å². The number of rotatable bonds is 13. The number of nitrogens with two attached hydrogens (primary N) is 2. The molecule has 0 aromatic carbocycles. The first-order valence-corrected chi connectivity index (χ1v) is 10.1. The molecule has 2 heterocycles. The predicted molar refractivity (Wildman–Crippen MR) is 107 cm³/mol. The van der Waals surface area contributed by atoms with Crippen molar-refractivity contribution < 1.29 is 18.7 Å². The van der Waals surface area contributed by atoms with Gasteiger partial charge in [-0.1, -0.05) is 25.7 Å². The van der Waals surface area contributed by atoms with Gasteiger partial charge in [0, 0.05) is 25.0 Å². The summed E-state index contributed by atoms with van der Waals surface area (Å²) in [6.45, 7) is 1.84. The van der Waals surface area contributed by atoms with Crippen LogP contribution in [0.4, 0.5) is 0 Å². The van der Waals surface area contributed by atoms with E-state index in [9.17, 15) is 9.59 Å². The van der Waals surface area contributed by atoms with Crippen LogP contribution in [-0.2, 0) is 13.1 Å². The Morgan fingerprint density at radius 2 is 1.00 bits per heavy atom. The lowest BCUT2D eigenvalue weighted by Crippen LogP contribution is -2.34. The molecule has 0 unspecified atom stereocenters. The number of pyridine rings is 2. The van der Waals surface area contributed by atoms with Crippen molar-refractivity contribution in [2.45, 2.75) is 64.5 Å². The quantitative estimate of drug-likeness (QED) is 0.409. The highest BCUT2D eigenvalue weighted by atomic mass is 16.1. The van der Waals surface area contributed by atoms with Crippen LogP contribution in [0.15, 0.2) is 49.1 Å². The number of carbonyl (C=O) groups excluding carboxylic acids is 2. The summed E-state index contributed by atoms with van der Waals surface area (Å²) in [6.07, 6.45) is 17.2. The van der Waals surface area contributed by atoms with Crippen LogP contribution in [0.3, 0.4) is 0 Å². The molecule has 0 radical (unpaired) electrons. The van der Waals surface area contributed by atoms with E-state index in [1.807, 2.05) is 46.1 Å². The number of nitrogens with zero attached hydrogens (tertiary/aromatic N) is 2. The first kappa shape index (κ1) is 21.5. The standard InChI is InChI=1S/C22H30N4O2/c23-21(27)19-11-9-15-25(17-19)13-7-5-3-1-2-4-6-8-14-26-16-10-12-20(18-26)22(24)28/h9-12,15-18H,1-8,13-14H2,(H2-2,23,24,27,28)/p+2. The third-order valence-corrected chi connectivity index (χ3v) is 4.87. The lowest BCUT2D eigenvalue weighted by molar-refractivity contribution is -0.697. The minimum absolute atomic E-state index is 0.381. The van der Waals surface area contributed by atoms with Gasteiger partial charge in [-0.3, -0.25) is 9.59 Å². The van der Waals surface area contributed by atoms with Gasteiger partial charge in [0.2, 0.25) is 0 Å². The molecule has 0 saturated carbocycles. The highest BCUT2D eigenvalue weighted by molar-refractivity contribution is 5.92. The lowest BCUT2D eigenvalue weighted by Gasteiger charge is -2.02.